The third kappa shape index (κ3) is 4.29. The van der Waals surface area contributed by atoms with Gasteiger partial charge in [-0.15, -0.1) is 0 Å². The fraction of sp³-hybridized carbons (Fsp3) is 0.238. The van der Waals surface area contributed by atoms with Gasteiger partial charge >= 0.3 is 0 Å². The van der Waals surface area contributed by atoms with E-state index in [0.717, 1.165) is 18.7 Å². The molecule has 0 atom stereocenters. The van der Waals surface area contributed by atoms with Crippen LogP contribution in [0.15, 0.2) is 59.5 Å². The molecule has 1 aliphatic heterocycles. The first kappa shape index (κ1) is 19.9. The molecule has 5 nitrogen and oxygen atoms in total. The van der Waals surface area contributed by atoms with Crippen LogP contribution in [0, 0.1) is 5.82 Å². The van der Waals surface area contributed by atoms with Crippen molar-refractivity contribution < 1.29 is 4.39 Å². The number of hydrogen-bond donors (Lipinski definition) is 0. The van der Waals surface area contributed by atoms with Crippen LogP contribution >= 0.6 is 23.2 Å². The molecule has 0 spiro atoms. The number of piperazine rings is 1. The van der Waals surface area contributed by atoms with Crippen LogP contribution in [-0.4, -0.2) is 40.9 Å². The molecule has 0 N–H and O–H groups in total. The molecule has 0 bridgehead atoms. The van der Waals surface area contributed by atoms with Gasteiger partial charge in [0.1, 0.15) is 10.8 Å². The minimum absolute atomic E-state index is 0.166. The van der Waals surface area contributed by atoms with Crippen molar-refractivity contribution in [2.45, 2.75) is 6.54 Å². The highest BCUT2D eigenvalue weighted by molar-refractivity contribution is 6.33. The number of nitrogens with zero attached hydrogens (tertiary/aromatic N) is 4. The van der Waals surface area contributed by atoms with Gasteiger partial charge < -0.3 is 4.90 Å². The molecule has 1 aliphatic rings. The topological polar surface area (TPSA) is 41.4 Å². The lowest BCUT2D eigenvalue weighted by atomic mass is 10.2. The zero-order valence-electron chi connectivity index (χ0n) is 15.6. The third-order valence-electron chi connectivity index (χ3n) is 5.02. The van der Waals surface area contributed by atoms with Gasteiger partial charge in [0, 0.05) is 37.7 Å². The molecule has 1 saturated heterocycles. The summed E-state index contributed by atoms with van der Waals surface area (Å²) in [6.45, 7) is 3.59. The van der Waals surface area contributed by atoms with Crippen LogP contribution in [0.4, 0.5) is 10.1 Å². The lowest BCUT2D eigenvalue weighted by Gasteiger charge is -2.36. The monoisotopic (exact) mass is 432 g/mol. The van der Waals surface area contributed by atoms with Crippen molar-refractivity contribution in [3.05, 3.63) is 86.5 Å². The van der Waals surface area contributed by atoms with Crippen LogP contribution in [-0.2, 0) is 6.54 Å². The molecule has 4 rings (SSSR count). The molecule has 1 fully saturated rings. The molecular formula is C21H19Cl2FN4O. The van der Waals surface area contributed by atoms with Crippen molar-refractivity contribution in [2.75, 3.05) is 31.1 Å². The van der Waals surface area contributed by atoms with E-state index >= 15 is 0 Å². The Morgan fingerprint density at radius 1 is 1.00 bits per heavy atom. The Kier molecular flexibility index (Phi) is 5.85. The molecule has 1 aromatic heterocycles. The Morgan fingerprint density at radius 2 is 1.72 bits per heavy atom. The Morgan fingerprint density at radius 3 is 2.41 bits per heavy atom. The normalized spacial score (nSPS) is 14.9. The maximum Gasteiger partial charge on any atom is 0.292 e. The van der Waals surface area contributed by atoms with E-state index in [1.807, 2.05) is 30.3 Å². The molecule has 0 amide bonds. The van der Waals surface area contributed by atoms with E-state index in [-0.39, 0.29) is 16.4 Å². The Hall–Kier alpha value is -2.41. The van der Waals surface area contributed by atoms with Crippen LogP contribution in [0.1, 0.15) is 5.56 Å². The van der Waals surface area contributed by atoms with E-state index in [1.54, 1.807) is 12.3 Å². The van der Waals surface area contributed by atoms with Crippen molar-refractivity contribution in [3.63, 3.8) is 0 Å². The maximum absolute atomic E-state index is 13.2. The van der Waals surface area contributed by atoms with Crippen molar-refractivity contribution in [1.82, 2.24) is 14.7 Å². The molecule has 0 saturated carbocycles. The molecule has 29 heavy (non-hydrogen) atoms. The smallest absolute Gasteiger partial charge is 0.292 e. The van der Waals surface area contributed by atoms with E-state index in [1.165, 1.54) is 16.8 Å². The van der Waals surface area contributed by atoms with E-state index < -0.39 is 0 Å². The molecule has 0 radical (unpaired) electrons. The Balaban J connectivity index is 1.46. The highest BCUT2D eigenvalue weighted by Gasteiger charge is 2.22. The van der Waals surface area contributed by atoms with Gasteiger partial charge in [0.15, 0.2) is 0 Å². The molecular weight excluding hydrogens is 414 g/mol. The largest absolute Gasteiger partial charge is 0.366 e. The molecule has 2 heterocycles. The second kappa shape index (κ2) is 8.53. The van der Waals surface area contributed by atoms with Gasteiger partial charge in [-0.05, 0) is 29.8 Å². The number of halogens is 3. The fourth-order valence-electron chi connectivity index (χ4n) is 3.44. The number of anilines is 1. The van der Waals surface area contributed by atoms with Gasteiger partial charge in [-0.25, -0.2) is 4.39 Å². The summed E-state index contributed by atoms with van der Waals surface area (Å²) in [5.74, 6) is -0.337. The second-order valence-electron chi connectivity index (χ2n) is 6.90. The van der Waals surface area contributed by atoms with E-state index in [0.29, 0.717) is 36.0 Å². The van der Waals surface area contributed by atoms with Crippen molar-refractivity contribution in [3.8, 4) is 5.69 Å². The van der Waals surface area contributed by atoms with Crippen LogP contribution in [0.5, 0.6) is 0 Å². The molecule has 8 heteroatoms. The first-order valence-electron chi connectivity index (χ1n) is 9.27. The summed E-state index contributed by atoms with van der Waals surface area (Å²) in [4.78, 5) is 17.0. The SMILES string of the molecule is O=c1c(Cl)c(N2CCN(Cc3ccc(F)cc3Cl)CC2)cnn1-c1ccccc1. The number of para-hydroxylation sites is 1. The number of rotatable bonds is 4. The van der Waals surface area contributed by atoms with Crippen molar-refractivity contribution >= 4 is 28.9 Å². The Labute approximate surface area is 177 Å². The first-order valence-corrected chi connectivity index (χ1v) is 10.0. The van der Waals surface area contributed by atoms with Gasteiger partial charge in [-0.1, -0.05) is 47.5 Å². The summed E-state index contributed by atoms with van der Waals surface area (Å²) in [7, 11) is 0. The quantitative estimate of drug-likeness (QED) is 0.624. The van der Waals surface area contributed by atoms with Gasteiger partial charge in [-0.3, -0.25) is 9.69 Å². The van der Waals surface area contributed by atoms with Gasteiger partial charge in [0.25, 0.3) is 5.56 Å². The average Bonchev–Trinajstić information content (AvgIpc) is 2.73. The molecule has 150 valence electrons. The second-order valence-corrected chi connectivity index (χ2v) is 7.68. The van der Waals surface area contributed by atoms with Gasteiger partial charge in [0.2, 0.25) is 0 Å². The van der Waals surface area contributed by atoms with E-state index in [4.69, 9.17) is 23.2 Å². The highest BCUT2D eigenvalue weighted by Crippen LogP contribution is 2.24. The first-order chi connectivity index (χ1) is 14.0. The summed E-state index contributed by atoms with van der Waals surface area (Å²) in [6, 6.07) is 13.7. The summed E-state index contributed by atoms with van der Waals surface area (Å²) < 4.78 is 14.5. The minimum Gasteiger partial charge on any atom is -0.366 e. The predicted molar refractivity (Wildman–Crippen MR) is 114 cm³/mol. The summed E-state index contributed by atoms with van der Waals surface area (Å²) in [5, 5.41) is 4.90. The zero-order valence-corrected chi connectivity index (χ0v) is 17.1. The van der Waals surface area contributed by atoms with Crippen LogP contribution < -0.4 is 10.5 Å². The maximum atomic E-state index is 13.2. The molecule has 0 unspecified atom stereocenters. The molecule has 0 aliphatic carbocycles. The summed E-state index contributed by atoms with van der Waals surface area (Å²) >= 11 is 12.5. The fourth-order valence-corrected chi connectivity index (χ4v) is 3.91. The van der Waals surface area contributed by atoms with Crippen molar-refractivity contribution in [2.24, 2.45) is 0 Å². The highest BCUT2D eigenvalue weighted by atomic mass is 35.5. The van der Waals surface area contributed by atoms with E-state index in [2.05, 4.69) is 14.9 Å². The van der Waals surface area contributed by atoms with Crippen LogP contribution in [0.3, 0.4) is 0 Å². The van der Waals surface area contributed by atoms with Crippen LogP contribution in [0.25, 0.3) is 5.69 Å². The number of benzene rings is 2. The van der Waals surface area contributed by atoms with Crippen LogP contribution in [0.2, 0.25) is 10.0 Å². The summed E-state index contributed by atoms with van der Waals surface area (Å²) in [6.07, 6.45) is 1.64. The average molecular weight is 433 g/mol. The predicted octanol–water partition coefficient (Wildman–Crippen LogP) is 4.00. The third-order valence-corrected chi connectivity index (χ3v) is 5.73. The van der Waals surface area contributed by atoms with Gasteiger partial charge in [0.05, 0.1) is 17.6 Å². The lowest BCUT2D eigenvalue weighted by molar-refractivity contribution is 0.249. The number of hydrogen-bond acceptors (Lipinski definition) is 4. The Bertz CT molecular complexity index is 1070. The lowest BCUT2D eigenvalue weighted by Crippen LogP contribution is -2.46. The van der Waals surface area contributed by atoms with Crippen molar-refractivity contribution in [1.29, 1.82) is 0 Å². The minimum atomic E-state index is -0.337. The standard InChI is InChI=1S/C21H19Cl2FN4O/c22-18-12-16(24)7-6-15(18)14-26-8-10-27(11-9-26)19-13-25-28(21(29)20(19)23)17-4-2-1-3-5-17/h1-7,12-13H,8-11,14H2. The van der Waals surface area contributed by atoms with Gasteiger partial charge in [-0.2, -0.15) is 9.78 Å². The summed E-state index contributed by atoms with van der Waals surface area (Å²) in [5.41, 5.74) is 1.87. The van der Waals surface area contributed by atoms with E-state index in [9.17, 15) is 9.18 Å². The molecule has 2 aromatic carbocycles. The number of aromatic nitrogens is 2. The zero-order chi connectivity index (χ0) is 20.4. The molecule has 3 aromatic rings.